The average molecular weight is 282 g/mol. The fourth-order valence-electron chi connectivity index (χ4n) is 1.95. The van der Waals surface area contributed by atoms with Gasteiger partial charge in [0.05, 0.1) is 25.1 Å². The van der Waals surface area contributed by atoms with Gasteiger partial charge in [0.25, 0.3) is 0 Å². The number of nitro groups is 1. The van der Waals surface area contributed by atoms with Gasteiger partial charge in [0.1, 0.15) is 5.69 Å². The first-order chi connectivity index (χ1) is 9.42. The summed E-state index contributed by atoms with van der Waals surface area (Å²) in [5.41, 5.74) is 0.277. The maximum atomic E-state index is 11.4. The lowest BCUT2D eigenvalue weighted by molar-refractivity contribution is -0.385. The fraction of sp³-hybridized carbons (Fsp3) is 0.462. The standard InChI is InChI=1S/C13H18N2O5/c1-9(13(16)20-4)8-14(2)10-6-5-7-11(19-3)12(10)15(17)18/h5-7,9H,8H2,1-4H3. The normalized spacial score (nSPS) is 11.6. The molecule has 1 rings (SSSR count). The molecule has 0 heterocycles. The number of nitrogens with zero attached hydrogens (tertiary/aromatic N) is 2. The molecule has 0 aliphatic carbocycles. The van der Waals surface area contributed by atoms with Crippen molar-refractivity contribution >= 4 is 17.3 Å². The molecule has 0 saturated carbocycles. The maximum absolute atomic E-state index is 11.4. The SMILES string of the molecule is COC(=O)C(C)CN(C)c1cccc(OC)c1[N+](=O)[O-]. The van der Waals surface area contributed by atoms with Gasteiger partial charge in [-0.05, 0) is 12.1 Å². The Morgan fingerprint density at radius 2 is 2.10 bits per heavy atom. The van der Waals surface area contributed by atoms with Crippen molar-refractivity contribution in [3.05, 3.63) is 28.3 Å². The summed E-state index contributed by atoms with van der Waals surface area (Å²) in [6.07, 6.45) is 0. The molecule has 0 bridgehead atoms. The molecular formula is C13H18N2O5. The van der Waals surface area contributed by atoms with Crippen LogP contribution in [0.1, 0.15) is 6.92 Å². The Morgan fingerprint density at radius 1 is 1.45 bits per heavy atom. The van der Waals surface area contributed by atoms with Crippen LogP contribution in [0.2, 0.25) is 0 Å². The molecule has 1 atom stereocenters. The molecule has 1 aromatic carbocycles. The summed E-state index contributed by atoms with van der Waals surface area (Å²) < 4.78 is 9.66. The van der Waals surface area contributed by atoms with Crippen LogP contribution < -0.4 is 9.64 Å². The van der Waals surface area contributed by atoms with Crippen molar-refractivity contribution in [3.8, 4) is 5.75 Å². The van der Waals surface area contributed by atoms with Gasteiger partial charge < -0.3 is 14.4 Å². The van der Waals surface area contributed by atoms with Gasteiger partial charge in [-0.1, -0.05) is 13.0 Å². The Balaban J connectivity index is 3.06. The highest BCUT2D eigenvalue weighted by Gasteiger charge is 2.25. The van der Waals surface area contributed by atoms with Crippen LogP contribution in [0.3, 0.4) is 0 Å². The average Bonchev–Trinajstić information content (AvgIpc) is 2.44. The minimum Gasteiger partial charge on any atom is -0.490 e. The monoisotopic (exact) mass is 282 g/mol. The number of para-hydroxylation sites is 1. The Hall–Kier alpha value is -2.31. The van der Waals surface area contributed by atoms with E-state index in [9.17, 15) is 14.9 Å². The van der Waals surface area contributed by atoms with Crippen LogP contribution in [0, 0.1) is 16.0 Å². The Bertz CT molecular complexity index is 504. The second-order valence-electron chi connectivity index (χ2n) is 4.39. The molecule has 7 heteroatoms. The van der Waals surface area contributed by atoms with E-state index < -0.39 is 10.8 Å². The number of hydrogen-bond donors (Lipinski definition) is 0. The predicted octanol–water partition coefficient (Wildman–Crippen LogP) is 1.85. The van der Waals surface area contributed by atoms with Crippen molar-refractivity contribution in [2.45, 2.75) is 6.92 Å². The Labute approximate surface area is 117 Å². The van der Waals surface area contributed by atoms with Crippen LogP contribution >= 0.6 is 0 Å². The number of methoxy groups -OCH3 is 2. The van der Waals surface area contributed by atoms with Crippen LogP contribution in [0.5, 0.6) is 5.75 Å². The van der Waals surface area contributed by atoms with E-state index in [1.165, 1.54) is 20.3 Å². The highest BCUT2D eigenvalue weighted by molar-refractivity contribution is 5.74. The number of anilines is 1. The Kier molecular flexibility index (Phi) is 5.31. The first-order valence-corrected chi connectivity index (χ1v) is 6.02. The molecule has 110 valence electrons. The quantitative estimate of drug-likeness (QED) is 0.450. The van der Waals surface area contributed by atoms with Gasteiger partial charge in [-0.2, -0.15) is 0 Å². The molecule has 0 fully saturated rings. The third-order valence-electron chi connectivity index (χ3n) is 2.94. The lowest BCUT2D eigenvalue weighted by atomic mass is 10.1. The molecule has 0 saturated heterocycles. The third-order valence-corrected chi connectivity index (χ3v) is 2.94. The van der Waals surface area contributed by atoms with E-state index in [0.29, 0.717) is 12.2 Å². The maximum Gasteiger partial charge on any atom is 0.333 e. The molecule has 1 aromatic rings. The molecular weight excluding hydrogens is 264 g/mol. The summed E-state index contributed by atoms with van der Waals surface area (Å²) in [6, 6.07) is 4.81. The lowest BCUT2D eigenvalue weighted by Crippen LogP contribution is -2.29. The van der Waals surface area contributed by atoms with Crippen LogP contribution in [0.4, 0.5) is 11.4 Å². The van der Waals surface area contributed by atoms with E-state index in [1.807, 2.05) is 0 Å². The van der Waals surface area contributed by atoms with Crippen molar-refractivity contribution in [2.75, 3.05) is 32.7 Å². The van der Waals surface area contributed by atoms with E-state index in [4.69, 9.17) is 4.74 Å². The second-order valence-corrected chi connectivity index (χ2v) is 4.39. The van der Waals surface area contributed by atoms with Crippen LogP contribution in [-0.2, 0) is 9.53 Å². The van der Waals surface area contributed by atoms with E-state index in [1.54, 1.807) is 31.0 Å². The molecule has 20 heavy (non-hydrogen) atoms. The van der Waals surface area contributed by atoms with E-state index in [-0.39, 0.29) is 17.4 Å². The van der Waals surface area contributed by atoms with E-state index in [2.05, 4.69) is 4.74 Å². The summed E-state index contributed by atoms with van der Waals surface area (Å²) in [7, 11) is 4.37. The van der Waals surface area contributed by atoms with Crippen molar-refractivity contribution in [1.82, 2.24) is 0 Å². The lowest BCUT2D eigenvalue weighted by Gasteiger charge is -2.22. The van der Waals surface area contributed by atoms with Gasteiger partial charge in [0.2, 0.25) is 0 Å². The van der Waals surface area contributed by atoms with Gasteiger partial charge in [-0.3, -0.25) is 14.9 Å². The summed E-state index contributed by atoms with van der Waals surface area (Å²) in [5, 5.41) is 11.2. The zero-order valence-electron chi connectivity index (χ0n) is 12.0. The number of carbonyl (C=O) groups is 1. The molecule has 1 unspecified atom stereocenters. The first kappa shape index (κ1) is 15.7. The topological polar surface area (TPSA) is 81.9 Å². The highest BCUT2D eigenvalue weighted by Crippen LogP contribution is 2.36. The first-order valence-electron chi connectivity index (χ1n) is 6.02. The third kappa shape index (κ3) is 3.37. The largest absolute Gasteiger partial charge is 0.490 e. The van der Waals surface area contributed by atoms with Crippen LogP contribution in [0.25, 0.3) is 0 Å². The molecule has 0 radical (unpaired) electrons. The van der Waals surface area contributed by atoms with Crippen LogP contribution in [-0.4, -0.2) is 38.7 Å². The minimum atomic E-state index is -0.493. The van der Waals surface area contributed by atoms with E-state index >= 15 is 0 Å². The molecule has 0 aliphatic heterocycles. The summed E-state index contributed by atoms with van der Waals surface area (Å²) >= 11 is 0. The molecule has 0 amide bonds. The summed E-state index contributed by atoms with van der Waals surface area (Å²) in [5.74, 6) is -0.566. The zero-order valence-corrected chi connectivity index (χ0v) is 12.0. The number of hydrogen-bond acceptors (Lipinski definition) is 6. The molecule has 0 aromatic heterocycles. The summed E-state index contributed by atoms with van der Waals surface area (Å²) in [4.78, 5) is 23.8. The van der Waals surface area contributed by atoms with Crippen molar-refractivity contribution in [3.63, 3.8) is 0 Å². The number of ether oxygens (including phenoxy) is 2. The van der Waals surface area contributed by atoms with Crippen molar-refractivity contribution < 1.29 is 19.2 Å². The molecule has 0 spiro atoms. The Morgan fingerprint density at radius 3 is 2.60 bits per heavy atom. The summed E-state index contributed by atoms with van der Waals surface area (Å²) in [6.45, 7) is 2.01. The minimum absolute atomic E-state index is 0.116. The second kappa shape index (κ2) is 6.74. The molecule has 7 nitrogen and oxygen atoms in total. The van der Waals surface area contributed by atoms with Crippen LogP contribution in [0.15, 0.2) is 18.2 Å². The van der Waals surface area contributed by atoms with Gasteiger partial charge in [-0.15, -0.1) is 0 Å². The fourth-order valence-corrected chi connectivity index (χ4v) is 1.95. The van der Waals surface area contributed by atoms with E-state index in [0.717, 1.165) is 0 Å². The number of carbonyl (C=O) groups excluding carboxylic acids is 1. The number of nitro benzene ring substituents is 1. The number of rotatable bonds is 6. The van der Waals surface area contributed by atoms with Crippen molar-refractivity contribution in [2.24, 2.45) is 5.92 Å². The van der Waals surface area contributed by atoms with Gasteiger partial charge in [0, 0.05) is 13.6 Å². The van der Waals surface area contributed by atoms with Gasteiger partial charge in [0.15, 0.2) is 5.75 Å². The number of benzene rings is 1. The van der Waals surface area contributed by atoms with Gasteiger partial charge >= 0.3 is 11.7 Å². The number of esters is 1. The zero-order chi connectivity index (χ0) is 15.3. The predicted molar refractivity (Wildman–Crippen MR) is 74.1 cm³/mol. The molecule has 0 N–H and O–H groups in total. The molecule has 0 aliphatic rings. The van der Waals surface area contributed by atoms with Crippen molar-refractivity contribution in [1.29, 1.82) is 0 Å². The highest BCUT2D eigenvalue weighted by atomic mass is 16.6. The van der Waals surface area contributed by atoms with Gasteiger partial charge in [-0.25, -0.2) is 0 Å². The smallest absolute Gasteiger partial charge is 0.333 e.